The molecule has 62 valence electrons. The van der Waals surface area contributed by atoms with Crippen molar-refractivity contribution in [2.45, 2.75) is 27.2 Å². The molecular formula is C8H14N2O. The summed E-state index contributed by atoms with van der Waals surface area (Å²) in [6.07, 6.45) is 2.13. The van der Waals surface area contributed by atoms with E-state index in [0.717, 1.165) is 0 Å². The van der Waals surface area contributed by atoms with Crippen molar-refractivity contribution in [2.24, 2.45) is 10.5 Å². The Morgan fingerprint density at radius 2 is 2.27 bits per heavy atom. The Morgan fingerprint density at radius 1 is 1.64 bits per heavy atom. The molecule has 0 radical (unpaired) electrons. The van der Waals surface area contributed by atoms with Crippen molar-refractivity contribution < 1.29 is 4.79 Å². The van der Waals surface area contributed by atoms with E-state index in [4.69, 9.17) is 0 Å². The summed E-state index contributed by atoms with van der Waals surface area (Å²) in [6.45, 7) is 6.98. The van der Waals surface area contributed by atoms with Crippen LogP contribution in [0, 0.1) is 5.41 Å². The van der Waals surface area contributed by atoms with Crippen molar-refractivity contribution in [3.05, 3.63) is 0 Å². The molecule has 0 fully saturated rings. The van der Waals surface area contributed by atoms with Crippen LogP contribution >= 0.6 is 0 Å². The van der Waals surface area contributed by atoms with Gasteiger partial charge in [0, 0.05) is 12.8 Å². The molecule has 0 saturated carbocycles. The second-order valence-electron chi connectivity index (χ2n) is 4.01. The van der Waals surface area contributed by atoms with Gasteiger partial charge in [-0.1, -0.05) is 20.8 Å². The van der Waals surface area contributed by atoms with Crippen LogP contribution in [0.4, 0.5) is 0 Å². The monoisotopic (exact) mass is 154 g/mol. The Kier molecular flexibility index (Phi) is 1.98. The first-order valence-corrected chi connectivity index (χ1v) is 3.82. The second kappa shape index (κ2) is 2.64. The smallest absolute Gasteiger partial charge is 0.248 e. The Labute approximate surface area is 67.1 Å². The van der Waals surface area contributed by atoms with Gasteiger partial charge < -0.3 is 0 Å². The first kappa shape index (κ1) is 8.24. The number of nitrogens with zero attached hydrogens (tertiary/aromatic N) is 2. The summed E-state index contributed by atoms with van der Waals surface area (Å²) < 4.78 is 0. The van der Waals surface area contributed by atoms with Crippen LogP contribution in [-0.2, 0) is 4.79 Å². The van der Waals surface area contributed by atoms with Crippen molar-refractivity contribution in [3.8, 4) is 0 Å². The molecule has 0 spiro atoms. The average molecular weight is 154 g/mol. The fourth-order valence-corrected chi connectivity index (χ4v) is 0.966. The van der Waals surface area contributed by atoms with Crippen molar-refractivity contribution in [1.29, 1.82) is 0 Å². The molecule has 1 aliphatic rings. The van der Waals surface area contributed by atoms with Gasteiger partial charge in [0.05, 0.1) is 6.42 Å². The summed E-state index contributed by atoms with van der Waals surface area (Å²) in [7, 11) is 0. The number of carbonyl (C=O) groups is 1. The van der Waals surface area contributed by atoms with Crippen LogP contribution in [0.2, 0.25) is 0 Å². The summed E-state index contributed by atoms with van der Waals surface area (Å²) in [5.41, 5.74) is 0.136. The highest BCUT2D eigenvalue weighted by molar-refractivity contribution is 5.93. The molecule has 0 aromatic rings. The molecule has 1 aliphatic heterocycles. The van der Waals surface area contributed by atoms with Crippen LogP contribution in [0.3, 0.4) is 0 Å². The first-order valence-electron chi connectivity index (χ1n) is 3.82. The van der Waals surface area contributed by atoms with Gasteiger partial charge in [-0.3, -0.25) is 4.79 Å². The second-order valence-corrected chi connectivity index (χ2v) is 4.01. The number of carbonyl (C=O) groups excluding carboxylic acids is 1. The predicted molar refractivity (Wildman–Crippen MR) is 44.3 cm³/mol. The fourth-order valence-electron chi connectivity index (χ4n) is 0.966. The molecular weight excluding hydrogens is 140 g/mol. The Balaban J connectivity index is 2.50. The molecule has 1 heterocycles. The maximum absolute atomic E-state index is 11.1. The van der Waals surface area contributed by atoms with E-state index in [1.165, 1.54) is 0 Å². The third-order valence-electron chi connectivity index (χ3n) is 1.40. The lowest BCUT2D eigenvalue weighted by atomic mass is 9.97. The minimum absolute atomic E-state index is 0.111. The van der Waals surface area contributed by atoms with E-state index in [9.17, 15) is 4.79 Å². The van der Waals surface area contributed by atoms with E-state index in [1.807, 2.05) is 0 Å². The number of hydrogen-bond acceptors (Lipinski definition) is 2. The summed E-state index contributed by atoms with van der Waals surface area (Å²) in [5.74, 6) is 0.111. The molecule has 0 unspecified atom stereocenters. The summed E-state index contributed by atoms with van der Waals surface area (Å²) in [6, 6.07) is 0. The van der Waals surface area contributed by atoms with Crippen LogP contribution < -0.4 is 0 Å². The third-order valence-corrected chi connectivity index (χ3v) is 1.40. The normalized spacial score (nSPS) is 18.1. The van der Waals surface area contributed by atoms with Gasteiger partial charge in [-0.15, -0.1) is 0 Å². The number of hydrazone groups is 1. The van der Waals surface area contributed by atoms with Crippen LogP contribution in [0.15, 0.2) is 5.10 Å². The van der Waals surface area contributed by atoms with Gasteiger partial charge in [0.25, 0.3) is 0 Å². The fraction of sp³-hybridized carbons (Fsp3) is 0.750. The van der Waals surface area contributed by atoms with E-state index < -0.39 is 0 Å². The van der Waals surface area contributed by atoms with Gasteiger partial charge in [0.1, 0.15) is 0 Å². The largest absolute Gasteiger partial charge is 0.273 e. The van der Waals surface area contributed by atoms with Gasteiger partial charge in [0.15, 0.2) is 0 Å². The lowest BCUT2D eigenvalue weighted by molar-refractivity contribution is -0.129. The lowest BCUT2D eigenvalue weighted by Crippen LogP contribution is -2.30. The molecule has 3 heteroatoms. The van der Waals surface area contributed by atoms with Crippen molar-refractivity contribution >= 4 is 12.1 Å². The van der Waals surface area contributed by atoms with Crippen LogP contribution in [-0.4, -0.2) is 23.7 Å². The summed E-state index contributed by atoms with van der Waals surface area (Å²) >= 11 is 0. The zero-order valence-corrected chi connectivity index (χ0v) is 7.29. The van der Waals surface area contributed by atoms with E-state index >= 15 is 0 Å². The molecule has 3 nitrogen and oxygen atoms in total. The first-order chi connectivity index (χ1) is 4.99. The molecule has 0 aromatic carbocycles. The zero-order chi connectivity index (χ0) is 8.48. The minimum atomic E-state index is 0.111. The molecule has 0 saturated heterocycles. The number of amides is 1. The van der Waals surface area contributed by atoms with Crippen LogP contribution in [0.25, 0.3) is 0 Å². The topological polar surface area (TPSA) is 32.7 Å². The highest BCUT2D eigenvalue weighted by atomic mass is 16.2. The third kappa shape index (κ3) is 2.33. The van der Waals surface area contributed by atoms with Crippen molar-refractivity contribution in [3.63, 3.8) is 0 Å². The van der Waals surface area contributed by atoms with Gasteiger partial charge in [-0.05, 0) is 5.41 Å². The molecule has 0 N–H and O–H groups in total. The molecule has 0 aromatic heterocycles. The molecule has 0 bridgehead atoms. The van der Waals surface area contributed by atoms with Crippen molar-refractivity contribution in [2.75, 3.05) is 6.54 Å². The predicted octanol–water partition coefficient (Wildman–Crippen LogP) is 1.25. The lowest BCUT2D eigenvalue weighted by Gasteiger charge is -2.23. The summed E-state index contributed by atoms with van der Waals surface area (Å²) in [4.78, 5) is 11.1. The van der Waals surface area contributed by atoms with E-state index in [2.05, 4.69) is 25.9 Å². The van der Waals surface area contributed by atoms with Crippen molar-refractivity contribution in [1.82, 2.24) is 5.01 Å². The van der Waals surface area contributed by atoms with Gasteiger partial charge in [-0.25, -0.2) is 5.01 Å². The summed E-state index contributed by atoms with van der Waals surface area (Å²) in [5, 5.41) is 5.50. The SMILES string of the molecule is CC(C)(C)CN1N=CCC1=O. The standard InChI is InChI=1S/C8H14N2O/c1-8(2,3)6-10-7(11)4-5-9-10/h5H,4,6H2,1-3H3. The zero-order valence-electron chi connectivity index (χ0n) is 7.29. The Hall–Kier alpha value is -0.860. The molecule has 1 amide bonds. The Morgan fingerprint density at radius 3 is 2.64 bits per heavy atom. The Bertz CT molecular complexity index is 191. The van der Waals surface area contributed by atoms with E-state index in [-0.39, 0.29) is 11.3 Å². The quantitative estimate of drug-likeness (QED) is 0.559. The molecule has 0 atom stereocenters. The maximum Gasteiger partial charge on any atom is 0.248 e. The van der Waals surface area contributed by atoms with E-state index in [1.54, 1.807) is 11.2 Å². The molecule has 11 heavy (non-hydrogen) atoms. The van der Waals surface area contributed by atoms with Crippen LogP contribution in [0.5, 0.6) is 0 Å². The highest BCUT2D eigenvalue weighted by Crippen LogP contribution is 2.17. The highest BCUT2D eigenvalue weighted by Gasteiger charge is 2.22. The van der Waals surface area contributed by atoms with Gasteiger partial charge in [0.2, 0.25) is 5.91 Å². The maximum atomic E-state index is 11.1. The minimum Gasteiger partial charge on any atom is -0.273 e. The number of rotatable bonds is 1. The number of hydrogen-bond donors (Lipinski definition) is 0. The van der Waals surface area contributed by atoms with Gasteiger partial charge in [-0.2, -0.15) is 5.10 Å². The van der Waals surface area contributed by atoms with Crippen LogP contribution in [0.1, 0.15) is 27.2 Å². The molecule has 0 aliphatic carbocycles. The van der Waals surface area contributed by atoms with E-state index in [0.29, 0.717) is 13.0 Å². The van der Waals surface area contributed by atoms with Gasteiger partial charge >= 0.3 is 0 Å². The molecule has 1 rings (SSSR count). The average Bonchev–Trinajstić information content (AvgIpc) is 2.12.